The number of hydrogen-bond donors (Lipinski definition) is 0. The lowest BCUT2D eigenvalue weighted by Crippen LogP contribution is -2.05. The lowest BCUT2D eigenvalue weighted by Gasteiger charge is -2.08. The van der Waals surface area contributed by atoms with Crippen LogP contribution in [0.25, 0.3) is 0 Å². The molecular weight excluding hydrogens is 337 g/mol. The largest absolute Gasteiger partial charge is 0.434 e. The van der Waals surface area contributed by atoms with E-state index in [1.54, 1.807) is 0 Å². The molecule has 0 aromatic heterocycles. The van der Waals surface area contributed by atoms with Gasteiger partial charge in [0.1, 0.15) is 11.6 Å². The van der Waals surface area contributed by atoms with Crippen molar-refractivity contribution in [3.8, 4) is 5.75 Å². The first-order valence-corrected chi connectivity index (χ1v) is 6.31. The third-order valence-electron chi connectivity index (χ3n) is 2.52. The number of benzene rings is 2. The van der Waals surface area contributed by atoms with Crippen molar-refractivity contribution < 1.29 is 22.7 Å². The Balaban J connectivity index is 2.27. The van der Waals surface area contributed by atoms with Crippen LogP contribution in [0.5, 0.6) is 5.75 Å². The van der Waals surface area contributed by atoms with Crippen LogP contribution in [0.2, 0.25) is 0 Å². The highest BCUT2D eigenvalue weighted by Crippen LogP contribution is 2.28. The van der Waals surface area contributed by atoms with E-state index in [1.165, 1.54) is 42.5 Å². The zero-order valence-corrected chi connectivity index (χ0v) is 11.5. The summed E-state index contributed by atoms with van der Waals surface area (Å²) >= 11 is 3.06. The highest BCUT2D eigenvalue weighted by atomic mass is 79.9. The lowest BCUT2D eigenvalue weighted by atomic mass is 10.0. The fourth-order valence-corrected chi connectivity index (χ4v) is 2.07. The van der Waals surface area contributed by atoms with E-state index in [0.717, 1.165) is 0 Å². The van der Waals surface area contributed by atoms with E-state index < -0.39 is 12.4 Å². The molecule has 0 saturated carbocycles. The summed E-state index contributed by atoms with van der Waals surface area (Å²) in [6, 6.07) is 9.09. The molecule has 20 heavy (non-hydrogen) atoms. The van der Waals surface area contributed by atoms with Gasteiger partial charge in [0.05, 0.1) is 4.47 Å². The van der Waals surface area contributed by atoms with Gasteiger partial charge in [-0.25, -0.2) is 4.39 Å². The van der Waals surface area contributed by atoms with Gasteiger partial charge < -0.3 is 4.74 Å². The summed E-state index contributed by atoms with van der Waals surface area (Å²) < 4.78 is 41.5. The van der Waals surface area contributed by atoms with Gasteiger partial charge in [0.2, 0.25) is 0 Å². The molecule has 2 aromatic carbocycles. The van der Waals surface area contributed by atoms with Crippen LogP contribution in [0, 0.1) is 5.82 Å². The summed E-state index contributed by atoms with van der Waals surface area (Å²) in [4.78, 5) is 12.1. The second-order valence-corrected chi connectivity index (χ2v) is 4.71. The van der Waals surface area contributed by atoms with E-state index in [4.69, 9.17) is 0 Å². The number of ketones is 1. The highest BCUT2D eigenvalue weighted by Gasteiger charge is 2.13. The van der Waals surface area contributed by atoms with E-state index >= 15 is 0 Å². The minimum Gasteiger partial charge on any atom is -0.434 e. The van der Waals surface area contributed by atoms with E-state index in [2.05, 4.69) is 20.7 Å². The maximum absolute atomic E-state index is 12.8. The number of alkyl halides is 2. The van der Waals surface area contributed by atoms with Gasteiger partial charge in [0.25, 0.3) is 0 Å². The molecule has 0 spiro atoms. The maximum atomic E-state index is 12.8. The van der Waals surface area contributed by atoms with Crippen molar-refractivity contribution in [2.45, 2.75) is 6.61 Å². The molecule has 2 rings (SSSR count). The molecule has 0 atom stereocenters. The Kier molecular flexibility index (Phi) is 4.44. The molecule has 104 valence electrons. The molecular formula is C14H8BrF3O2. The minimum absolute atomic E-state index is 0.0596. The lowest BCUT2D eigenvalue weighted by molar-refractivity contribution is -0.0503. The molecule has 6 heteroatoms. The number of carbonyl (C=O) groups is 1. The van der Waals surface area contributed by atoms with Gasteiger partial charge in [-0.05, 0) is 58.4 Å². The predicted molar refractivity (Wildman–Crippen MR) is 70.6 cm³/mol. The Morgan fingerprint density at radius 3 is 2.20 bits per heavy atom. The molecule has 0 fully saturated rings. The monoisotopic (exact) mass is 344 g/mol. The Labute approximate surface area is 121 Å². The molecule has 0 bridgehead atoms. The van der Waals surface area contributed by atoms with Gasteiger partial charge in [0.15, 0.2) is 5.78 Å². The van der Waals surface area contributed by atoms with Crippen LogP contribution in [0.4, 0.5) is 13.2 Å². The molecule has 2 aromatic rings. The molecule has 0 aliphatic rings. The molecule has 0 unspecified atom stereocenters. The van der Waals surface area contributed by atoms with Crippen LogP contribution in [-0.2, 0) is 0 Å². The second kappa shape index (κ2) is 6.09. The van der Waals surface area contributed by atoms with Crippen LogP contribution >= 0.6 is 15.9 Å². The summed E-state index contributed by atoms with van der Waals surface area (Å²) in [5.41, 5.74) is 0.589. The minimum atomic E-state index is -2.94. The average Bonchev–Trinajstić information content (AvgIpc) is 2.41. The smallest absolute Gasteiger partial charge is 0.387 e. The van der Waals surface area contributed by atoms with Crippen LogP contribution in [-0.4, -0.2) is 12.4 Å². The maximum Gasteiger partial charge on any atom is 0.387 e. The van der Waals surface area contributed by atoms with E-state index in [1.807, 2.05) is 0 Å². The molecule has 0 saturated heterocycles. The van der Waals surface area contributed by atoms with Crippen molar-refractivity contribution in [3.63, 3.8) is 0 Å². The highest BCUT2D eigenvalue weighted by molar-refractivity contribution is 9.10. The van der Waals surface area contributed by atoms with Crippen molar-refractivity contribution in [1.29, 1.82) is 0 Å². The zero-order valence-electron chi connectivity index (χ0n) is 9.95. The Morgan fingerprint density at radius 1 is 1.05 bits per heavy atom. The van der Waals surface area contributed by atoms with Gasteiger partial charge in [-0.2, -0.15) is 8.78 Å². The normalized spacial score (nSPS) is 10.7. The summed E-state index contributed by atoms with van der Waals surface area (Å²) in [7, 11) is 0. The number of halogens is 4. The zero-order chi connectivity index (χ0) is 14.7. The Hall–Kier alpha value is -1.82. The second-order valence-electron chi connectivity index (χ2n) is 3.86. The van der Waals surface area contributed by atoms with Crippen molar-refractivity contribution in [2.24, 2.45) is 0 Å². The fraction of sp³-hybridized carbons (Fsp3) is 0.0714. The van der Waals surface area contributed by atoms with Gasteiger partial charge in [-0.3, -0.25) is 4.79 Å². The molecule has 0 amide bonds. The van der Waals surface area contributed by atoms with Crippen LogP contribution < -0.4 is 4.74 Å². The molecule has 0 aliphatic heterocycles. The molecule has 0 heterocycles. The van der Waals surface area contributed by atoms with Crippen LogP contribution in [0.3, 0.4) is 0 Å². The van der Waals surface area contributed by atoms with Crippen LogP contribution in [0.15, 0.2) is 46.9 Å². The standard InChI is InChI=1S/C14H8BrF3O2/c15-11-7-9(3-6-12(11)20-14(17)18)13(19)8-1-4-10(16)5-2-8/h1-7,14H. The third-order valence-corrected chi connectivity index (χ3v) is 3.14. The van der Waals surface area contributed by atoms with Gasteiger partial charge in [-0.15, -0.1) is 0 Å². The first kappa shape index (κ1) is 14.6. The molecule has 0 aliphatic carbocycles. The number of carbonyl (C=O) groups excluding carboxylic acids is 1. The number of ether oxygens (including phenoxy) is 1. The first-order valence-electron chi connectivity index (χ1n) is 5.52. The summed E-state index contributed by atoms with van der Waals surface area (Å²) in [5.74, 6) is -0.839. The third kappa shape index (κ3) is 3.39. The molecule has 2 nitrogen and oxygen atoms in total. The van der Waals surface area contributed by atoms with Crippen molar-refractivity contribution >= 4 is 21.7 Å². The van der Waals surface area contributed by atoms with Gasteiger partial charge in [-0.1, -0.05) is 0 Å². The van der Waals surface area contributed by atoms with E-state index in [0.29, 0.717) is 5.56 Å². The van der Waals surface area contributed by atoms with Gasteiger partial charge in [0, 0.05) is 11.1 Å². The summed E-state index contributed by atoms with van der Waals surface area (Å²) in [5, 5.41) is 0. The first-order chi connectivity index (χ1) is 9.47. The summed E-state index contributed by atoms with van der Waals surface area (Å²) in [6.45, 7) is -2.94. The van der Waals surface area contributed by atoms with E-state index in [9.17, 15) is 18.0 Å². The Bertz CT molecular complexity index is 627. The topological polar surface area (TPSA) is 26.3 Å². The van der Waals surface area contributed by atoms with E-state index in [-0.39, 0.29) is 21.6 Å². The van der Waals surface area contributed by atoms with Crippen molar-refractivity contribution in [2.75, 3.05) is 0 Å². The Morgan fingerprint density at radius 2 is 1.65 bits per heavy atom. The molecule has 0 N–H and O–H groups in total. The van der Waals surface area contributed by atoms with Crippen molar-refractivity contribution in [3.05, 3.63) is 63.9 Å². The van der Waals surface area contributed by atoms with Crippen LogP contribution in [0.1, 0.15) is 15.9 Å². The average molecular weight is 345 g/mol. The number of hydrogen-bond acceptors (Lipinski definition) is 2. The number of rotatable bonds is 4. The fourth-order valence-electron chi connectivity index (χ4n) is 1.60. The quantitative estimate of drug-likeness (QED) is 0.767. The predicted octanol–water partition coefficient (Wildman–Crippen LogP) is 4.42. The van der Waals surface area contributed by atoms with Gasteiger partial charge >= 0.3 is 6.61 Å². The SMILES string of the molecule is O=C(c1ccc(F)cc1)c1ccc(OC(F)F)c(Br)c1. The molecule has 0 radical (unpaired) electrons. The van der Waals surface area contributed by atoms with Crippen molar-refractivity contribution in [1.82, 2.24) is 0 Å². The summed E-state index contributed by atoms with van der Waals surface area (Å²) in [6.07, 6.45) is 0.